The number of aromatic nitrogens is 3. The second kappa shape index (κ2) is 7.10. The summed E-state index contributed by atoms with van der Waals surface area (Å²) in [5, 5.41) is 5.00. The Labute approximate surface area is 120 Å². The van der Waals surface area contributed by atoms with E-state index in [1.54, 1.807) is 35.9 Å². The molecule has 0 aromatic carbocycles. The van der Waals surface area contributed by atoms with Gasteiger partial charge in [-0.25, -0.2) is 15.0 Å². The molecule has 0 saturated carbocycles. The van der Waals surface area contributed by atoms with Crippen LogP contribution in [0.4, 0.5) is 5.13 Å². The minimum Gasteiger partial charge on any atom is -0.298 e. The Kier molecular flexibility index (Phi) is 4.91. The van der Waals surface area contributed by atoms with Gasteiger partial charge in [0.05, 0.1) is 5.56 Å². The van der Waals surface area contributed by atoms with Gasteiger partial charge in [-0.15, -0.1) is 11.3 Å². The van der Waals surface area contributed by atoms with Crippen molar-refractivity contribution in [1.29, 1.82) is 0 Å². The topological polar surface area (TPSA) is 67.8 Å². The van der Waals surface area contributed by atoms with Gasteiger partial charge in [0, 0.05) is 24.0 Å². The summed E-state index contributed by atoms with van der Waals surface area (Å²) in [5.74, 6) is 0.256. The molecular formula is C14H12N4OS. The van der Waals surface area contributed by atoms with Gasteiger partial charge in [0.1, 0.15) is 0 Å². The summed E-state index contributed by atoms with van der Waals surface area (Å²) in [5.41, 5.74) is 0.388. The number of nitrogens with one attached hydrogen (secondary N) is 1. The molecule has 20 heavy (non-hydrogen) atoms. The summed E-state index contributed by atoms with van der Waals surface area (Å²) in [4.78, 5) is 24.0. The number of rotatable bonds is 5. The van der Waals surface area contributed by atoms with E-state index in [-0.39, 0.29) is 5.91 Å². The fourth-order valence-corrected chi connectivity index (χ4v) is 1.80. The minimum atomic E-state index is -0.276. The summed E-state index contributed by atoms with van der Waals surface area (Å²) < 4.78 is 0. The van der Waals surface area contributed by atoms with Crippen LogP contribution < -0.4 is 5.32 Å². The van der Waals surface area contributed by atoms with Gasteiger partial charge >= 0.3 is 0 Å². The lowest BCUT2D eigenvalue weighted by atomic mass is 10.3. The van der Waals surface area contributed by atoms with Crippen LogP contribution in [0.1, 0.15) is 16.2 Å². The fraction of sp³-hybridized carbons (Fsp3) is 0. The molecule has 0 atom stereocenters. The van der Waals surface area contributed by atoms with Crippen molar-refractivity contribution in [2.75, 3.05) is 5.32 Å². The van der Waals surface area contributed by atoms with Crippen molar-refractivity contribution in [3.05, 3.63) is 66.2 Å². The monoisotopic (exact) mass is 284 g/mol. The highest BCUT2D eigenvalue weighted by atomic mass is 32.1. The average molecular weight is 284 g/mol. The normalized spacial score (nSPS) is 11.0. The van der Waals surface area contributed by atoms with Crippen LogP contribution in [0.3, 0.4) is 0 Å². The number of carbonyl (C=O) groups excluding carboxylic acids is 1. The Hall–Kier alpha value is -2.60. The molecule has 0 aliphatic heterocycles. The van der Waals surface area contributed by atoms with Crippen LogP contribution in [0, 0.1) is 0 Å². The van der Waals surface area contributed by atoms with E-state index in [4.69, 9.17) is 0 Å². The van der Waals surface area contributed by atoms with Crippen LogP contribution in [0.2, 0.25) is 0 Å². The molecule has 2 aromatic heterocycles. The van der Waals surface area contributed by atoms with Gasteiger partial charge in [0.2, 0.25) is 0 Å². The number of nitrogens with zero attached hydrogens (tertiary/aromatic N) is 3. The van der Waals surface area contributed by atoms with E-state index in [1.165, 1.54) is 23.7 Å². The number of thiazole rings is 1. The zero-order chi connectivity index (χ0) is 14.2. The maximum absolute atomic E-state index is 11.9. The quantitative estimate of drug-likeness (QED) is 0.857. The first kappa shape index (κ1) is 13.8. The minimum absolute atomic E-state index is 0.276. The second-order valence-corrected chi connectivity index (χ2v) is 4.50. The smallest absolute Gasteiger partial charge is 0.260 e. The van der Waals surface area contributed by atoms with Crippen LogP contribution in [0.15, 0.2) is 54.9 Å². The third kappa shape index (κ3) is 3.96. The maximum Gasteiger partial charge on any atom is 0.260 e. The molecule has 0 aliphatic rings. The number of carbonyl (C=O) groups is 1. The van der Waals surface area contributed by atoms with Gasteiger partial charge in [-0.05, 0) is 6.08 Å². The first-order valence-electron chi connectivity index (χ1n) is 5.78. The summed E-state index contributed by atoms with van der Waals surface area (Å²) >= 11 is 1.35. The average Bonchev–Trinajstić information content (AvgIpc) is 2.97. The van der Waals surface area contributed by atoms with Crippen molar-refractivity contribution in [2.45, 2.75) is 0 Å². The van der Waals surface area contributed by atoms with E-state index in [2.05, 4.69) is 26.8 Å². The van der Waals surface area contributed by atoms with Gasteiger partial charge in [0.25, 0.3) is 5.91 Å². The van der Waals surface area contributed by atoms with Crippen LogP contribution >= 0.6 is 11.3 Å². The van der Waals surface area contributed by atoms with Crippen molar-refractivity contribution in [1.82, 2.24) is 15.0 Å². The molecule has 5 nitrogen and oxygen atoms in total. The SMILES string of the molecule is C=C/C=C\C=C\c1ncc(C(=O)Nc2nccs2)cn1. The molecular weight excluding hydrogens is 272 g/mol. The van der Waals surface area contributed by atoms with E-state index in [0.29, 0.717) is 16.5 Å². The molecule has 2 aromatic rings. The Bertz CT molecular complexity index is 630. The highest BCUT2D eigenvalue weighted by Gasteiger charge is 2.08. The van der Waals surface area contributed by atoms with Gasteiger partial charge in [0.15, 0.2) is 11.0 Å². The lowest BCUT2D eigenvalue weighted by Gasteiger charge is -2.00. The predicted molar refractivity (Wildman–Crippen MR) is 80.5 cm³/mol. The van der Waals surface area contributed by atoms with Crippen molar-refractivity contribution in [2.24, 2.45) is 0 Å². The first-order valence-corrected chi connectivity index (χ1v) is 6.66. The molecule has 0 bridgehead atoms. The molecule has 100 valence electrons. The van der Waals surface area contributed by atoms with E-state index in [0.717, 1.165) is 0 Å². The number of amides is 1. The zero-order valence-corrected chi connectivity index (χ0v) is 11.4. The molecule has 2 rings (SSSR count). The van der Waals surface area contributed by atoms with E-state index in [9.17, 15) is 4.79 Å². The van der Waals surface area contributed by atoms with Crippen molar-refractivity contribution < 1.29 is 4.79 Å². The largest absolute Gasteiger partial charge is 0.298 e. The molecule has 1 N–H and O–H groups in total. The Morgan fingerprint density at radius 2 is 2.00 bits per heavy atom. The second-order valence-electron chi connectivity index (χ2n) is 3.60. The maximum atomic E-state index is 11.9. The van der Waals surface area contributed by atoms with Crippen molar-refractivity contribution >= 4 is 28.5 Å². The van der Waals surface area contributed by atoms with Crippen LogP contribution in [0.25, 0.3) is 6.08 Å². The third-order valence-corrected chi connectivity index (χ3v) is 2.88. The lowest BCUT2D eigenvalue weighted by Crippen LogP contribution is -2.12. The number of hydrogen-bond acceptors (Lipinski definition) is 5. The van der Waals surface area contributed by atoms with Gasteiger partial charge < -0.3 is 0 Å². The highest BCUT2D eigenvalue weighted by Crippen LogP contribution is 2.11. The predicted octanol–water partition coefficient (Wildman–Crippen LogP) is 2.94. The Morgan fingerprint density at radius 3 is 2.65 bits per heavy atom. The number of anilines is 1. The fourth-order valence-electron chi connectivity index (χ4n) is 1.28. The molecule has 0 aliphatic carbocycles. The third-order valence-electron chi connectivity index (χ3n) is 2.19. The first-order chi connectivity index (χ1) is 9.79. The number of hydrogen-bond donors (Lipinski definition) is 1. The molecule has 2 heterocycles. The zero-order valence-electron chi connectivity index (χ0n) is 10.6. The van der Waals surface area contributed by atoms with E-state index < -0.39 is 0 Å². The Balaban J connectivity index is 2.00. The van der Waals surface area contributed by atoms with Gasteiger partial charge in [-0.1, -0.05) is 30.9 Å². The molecule has 0 radical (unpaired) electrons. The molecule has 0 saturated heterocycles. The van der Waals surface area contributed by atoms with E-state index in [1.807, 2.05) is 6.08 Å². The molecule has 0 fully saturated rings. The Morgan fingerprint density at radius 1 is 1.20 bits per heavy atom. The lowest BCUT2D eigenvalue weighted by molar-refractivity contribution is 0.102. The summed E-state index contributed by atoms with van der Waals surface area (Å²) in [6.07, 6.45) is 13.4. The summed E-state index contributed by atoms with van der Waals surface area (Å²) in [6.45, 7) is 3.57. The van der Waals surface area contributed by atoms with Crippen molar-refractivity contribution in [3.63, 3.8) is 0 Å². The van der Waals surface area contributed by atoms with E-state index >= 15 is 0 Å². The van der Waals surface area contributed by atoms with Gasteiger partial charge in [-0.2, -0.15) is 0 Å². The van der Waals surface area contributed by atoms with Crippen LogP contribution in [-0.2, 0) is 0 Å². The van der Waals surface area contributed by atoms with Crippen LogP contribution in [-0.4, -0.2) is 20.9 Å². The molecule has 1 amide bonds. The molecule has 6 heteroatoms. The van der Waals surface area contributed by atoms with Crippen molar-refractivity contribution in [3.8, 4) is 0 Å². The summed E-state index contributed by atoms with van der Waals surface area (Å²) in [7, 11) is 0. The molecule has 0 spiro atoms. The van der Waals surface area contributed by atoms with Crippen LogP contribution in [0.5, 0.6) is 0 Å². The molecule has 0 unspecified atom stereocenters. The number of allylic oxidation sites excluding steroid dienone is 4. The summed E-state index contributed by atoms with van der Waals surface area (Å²) in [6, 6.07) is 0. The van der Waals surface area contributed by atoms with Gasteiger partial charge in [-0.3, -0.25) is 10.1 Å². The highest BCUT2D eigenvalue weighted by molar-refractivity contribution is 7.13. The standard InChI is InChI=1S/C14H12N4OS/c1-2-3-4-5-6-12-16-9-11(10-17-12)13(19)18-14-15-7-8-20-14/h2-10H,1H2,(H,15,18,19)/b4-3-,6-5+.